The van der Waals surface area contributed by atoms with E-state index in [2.05, 4.69) is 0 Å². The number of ether oxygens (including phenoxy) is 1. The van der Waals surface area contributed by atoms with Gasteiger partial charge >= 0.3 is 5.97 Å². The molecule has 0 atom stereocenters. The first kappa shape index (κ1) is 13.8. The number of Topliss-reactive ketones (excluding diaryl/α,β-unsaturated/α-hetero) is 1. The summed E-state index contributed by atoms with van der Waals surface area (Å²) in [6, 6.07) is 8.39. The molecule has 0 aliphatic heterocycles. The number of halogens is 1. The molecule has 0 aliphatic carbocycles. The highest BCUT2D eigenvalue weighted by molar-refractivity contribution is 7.15. The molecule has 1 aromatic carbocycles. The van der Waals surface area contributed by atoms with Crippen LogP contribution in [-0.4, -0.2) is 11.8 Å². The van der Waals surface area contributed by atoms with Crippen LogP contribution >= 0.6 is 22.9 Å². The summed E-state index contributed by atoms with van der Waals surface area (Å²) in [7, 11) is 0. The van der Waals surface area contributed by atoms with Crippen LogP contribution in [0.5, 0.6) is 5.75 Å². The van der Waals surface area contributed by atoms with Crippen LogP contribution in [0.25, 0.3) is 0 Å². The maximum atomic E-state index is 11.9. The predicted molar refractivity (Wildman–Crippen MR) is 75.5 cm³/mol. The Labute approximate surface area is 119 Å². The zero-order chi connectivity index (χ0) is 14.0. The lowest BCUT2D eigenvalue weighted by molar-refractivity contribution is 0.0739. The number of rotatable bonds is 3. The Morgan fingerprint density at radius 2 is 1.84 bits per heavy atom. The molecule has 0 unspecified atom stereocenters. The predicted octanol–water partition coefficient (Wildman–Crippen LogP) is 4.13. The summed E-state index contributed by atoms with van der Waals surface area (Å²) in [5.41, 5.74) is 0.947. The minimum Gasteiger partial charge on any atom is -0.421 e. The summed E-state index contributed by atoms with van der Waals surface area (Å²) in [6.45, 7) is 3.34. The zero-order valence-corrected chi connectivity index (χ0v) is 12.0. The molecule has 1 aromatic heterocycles. The summed E-state index contributed by atoms with van der Waals surface area (Å²) >= 11 is 7.07. The normalized spacial score (nSPS) is 10.3. The lowest BCUT2D eigenvalue weighted by Gasteiger charge is -2.05. The lowest BCUT2D eigenvalue weighted by atomic mass is 10.2. The number of benzene rings is 1. The molecule has 5 heteroatoms. The molecule has 2 rings (SSSR count). The SMILES string of the molecule is CC(=O)c1ccc(C(=O)Oc2cc(C)ccc2Cl)s1. The Bertz CT molecular complexity index is 646. The third kappa shape index (κ3) is 3.22. The van der Waals surface area contributed by atoms with Gasteiger partial charge in [0.15, 0.2) is 5.78 Å². The molecule has 98 valence electrons. The van der Waals surface area contributed by atoms with Crippen molar-refractivity contribution >= 4 is 34.7 Å². The van der Waals surface area contributed by atoms with E-state index >= 15 is 0 Å². The molecule has 0 spiro atoms. The first-order valence-corrected chi connectivity index (χ1v) is 6.76. The highest BCUT2D eigenvalue weighted by atomic mass is 35.5. The molecule has 0 amide bonds. The number of esters is 1. The van der Waals surface area contributed by atoms with Crippen LogP contribution in [0.2, 0.25) is 5.02 Å². The van der Waals surface area contributed by atoms with E-state index in [1.54, 1.807) is 24.3 Å². The van der Waals surface area contributed by atoms with Gasteiger partial charge in [-0.05, 0) is 43.7 Å². The Kier molecular flexibility index (Phi) is 4.02. The van der Waals surface area contributed by atoms with Crippen molar-refractivity contribution < 1.29 is 14.3 Å². The first-order chi connectivity index (χ1) is 8.97. The second kappa shape index (κ2) is 5.55. The second-order valence-corrected chi connectivity index (χ2v) is 5.53. The summed E-state index contributed by atoms with van der Waals surface area (Å²) < 4.78 is 5.23. The highest BCUT2D eigenvalue weighted by Gasteiger charge is 2.15. The fourth-order valence-electron chi connectivity index (χ4n) is 1.48. The van der Waals surface area contributed by atoms with Crippen LogP contribution in [-0.2, 0) is 0 Å². The van der Waals surface area contributed by atoms with E-state index in [1.807, 2.05) is 13.0 Å². The second-order valence-electron chi connectivity index (χ2n) is 4.04. The van der Waals surface area contributed by atoms with Crippen molar-refractivity contribution in [2.24, 2.45) is 0 Å². The van der Waals surface area contributed by atoms with Gasteiger partial charge in [0.25, 0.3) is 0 Å². The molecular formula is C14H11ClO3S. The van der Waals surface area contributed by atoms with Gasteiger partial charge in [-0.1, -0.05) is 17.7 Å². The maximum Gasteiger partial charge on any atom is 0.353 e. The summed E-state index contributed by atoms with van der Waals surface area (Å²) in [6.07, 6.45) is 0. The Balaban J connectivity index is 2.20. The Hall–Kier alpha value is -1.65. The van der Waals surface area contributed by atoms with E-state index < -0.39 is 5.97 Å². The van der Waals surface area contributed by atoms with Crippen LogP contribution in [0, 0.1) is 6.92 Å². The molecule has 1 heterocycles. The third-order valence-corrected chi connectivity index (χ3v) is 3.92. The highest BCUT2D eigenvalue weighted by Crippen LogP contribution is 2.27. The van der Waals surface area contributed by atoms with Gasteiger partial charge in [-0.25, -0.2) is 4.79 Å². The van der Waals surface area contributed by atoms with Crippen molar-refractivity contribution in [1.29, 1.82) is 0 Å². The lowest BCUT2D eigenvalue weighted by Crippen LogP contribution is -2.06. The van der Waals surface area contributed by atoms with E-state index in [0.717, 1.165) is 16.9 Å². The van der Waals surface area contributed by atoms with Gasteiger partial charge in [0.2, 0.25) is 0 Å². The number of carbonyl (C=O) groups is 2. The molecule has 0 N–H and O–H groups in total. The van der Waals surface area contributed by atoms with Gasteiger partial charge in [0, 0.05) is 0 Å². The monoisotopic (exact) mass is 294 g/mol. The Morgan fingerprint density at radius 1 is 1.16 bits per heavy atom. The number of thiophene rings is 1. The van der Waals surface area contributed by atoms with Crippen LogP contribution in [0.4, 0.5) is 0 Å². The van der Waals surface area contributed by atoms with Crippen molar-refractivity contribution in [3.63, 3.8) is 0 Å². The zero-order valence-electron chi connectivity index (χ0n) is 10.4. The number of ketones is 1. The fraction of sp³-hybridized carbons (Fsp3) is 0.143. The van der Waals surface area contributed by atoms with Gasteiger partial charge in [0.05, 0.1) is 9.90 Å². The van der Waals surface area contributed by atoms with Crippen LogP contribution in [0.3, 0.4) is 0 Å². The van der Waals surface area contributed by atoms with Gasteiger partial charge in [-0.2, -0.15) is 0 Å². The summed E-state index contributed by atoms with van der Waals surface area (Å²) in [5.74, 6) is -0.257. The third-order valence-electron chi connectivity index (χ3n) is 2.44. The molecule has 0 bridgehead atoms. The van der Waals surface area contributed by atoms with E-state index in [1.165, 1.54) is 6.92 Å². The van der Waals surface area contributed by atoms with Gasteiger partial charge < -0.3 is 4.74 Å². The minimum atomic E-state index is -0.509. The number of hydrogen-bond acceptors (Lipinski definition) is 4. The number of carbonyl (C=O) groups excluding carboxylic acids is 2. The van der Waals surface area contributed by atoms with Crippen molar-refractivity contribution in [3.05, 3.63) is 50.7 Å². The molecular weight excluding hydrogens is 284 g/mol. The van der Waals surface area contributed by atoms with Gasteiger partial charge in [-0.15, -0.1) is 11.3 Å². The van der Waals surface area contributed by atoms with E-state index in [4.69, 9.17) is 16.3 Å². The topological polar surface area (TPSA) is 43.4 Å². The maximum absolute atomic E-state index is 11.9. The number of aryl methyl sites for hydroxylation is 1. The smallest absolute Gasteiger partial charge is 0.353 e. The number of hydrogen-bond donors (Lipinski definition) is 0. The van der Waals surface area contributed by atoms with Crippen LogP contribution in [0.15, 0.2) is 30.3 Å². The molecule has 0 saturated carbocycles. The van der Waals surface area contributed by atoms with Crippen molar-refractivity contribution in [1.82, 2.24) is 0 Å². The largest absolute Gasteiger partial charge is 0.421 e. The molecule has 0 radical (unpaired) electrons. The first-order valence-electron chi connectivity index (χ1n) is 5.56. The average molecular weight is 295 g/mol. The summed E-state index contributed by atoms with van der Waals surface area (Å²) in [4.78, 5) is 24.0. The molecule has 2 aromatic rings. The molecule has 0 aliphatic rings. The molecule has 3 nitrogen and oxygen atoms in total. The summed E-state index contributed by atoms with van der Waals surface area (Å²) in [5, 5.41) is 0.377. The standard InChI is InChI=1S/C14H11ClO3S/c1-8-3-4-10(15)11(7-8)18-14(17)13-6-5-12(19-13)9(2)16/h3-7H,1-2H3. The van der Waals surface area contributed by atoms with Crippen molar-refractivity contribution in [2.45, 2.75) is 13.8 Å². The Morgan fingerprint density at radius 3 is 2.47 bits per heavy atom. The van der Waals surface area contributed by atoms with Gasteiger partial charge in [-0.3, -0.25) is 4.79 Å². The van der Waals surface area contributed by atoms with Crippen molar-refractivity contribution in [2.75, 3.05) is 0 Å². The van der Waals surface area contributed by atoms with E-state index in [0.29, 0.717) is 20.5 Å². The van der Waals surface area contributed by atoms with E-state index in [9.17, 15) is 9.59 Å². The van der Waals surface area contributed by atoms with Crippen molar-refractivity contribution in [3.8, 4) is 5.75 Å². The fourth-order valence-corrected chi connectivity index (χ4v) is 2.41. The van der Waals surface area contributed by atoms with E-state index in [-0.39, 0.29) is 5.78 Å². The van der Waals surface area contributed by atoms with Crippen LogP contribution < -0.4 is 4.74 Å². The quantitative estimate of drug-likeness (QED) is 0.485. The molecule has 0 saturated heterocycles. The van der Waals surface area contributed by atoms with Crippen LogP contribution in [0.1, 0.15) is 31.8 Å². The average Bonchev–Trinajstić information content (AvgIpc) is 2.83. The molecule has 19 heavy (non-hydrogen) atoms. The minimum absolute atomic E-state index is 0.0716. The van der Waals surface area contributed by atoms with Gasteiger partial charge in [0.1, 0.15) is 10.6 Å². The molecule has 0 fully saturated rings.